The molecule has 1 atom stereocenters. The summed E-state index contributed by atoms with van der Waals surface area (Å²) in [5, 5.41) is 4.25. The molecule has 1 aliphatic heterocycles. The molecule has 0 N–H and O–H groups in total. The zero-order valence-corrected chi connectivity index (χ0v) is 12.5. The van der Waals surface area contributed by atoms with Gasteiger partial charge in [-0.25, -0.2) is 0 Å². The van der Waals surface area contributed by atoms with Gasteiger partial charge in [0.1, 0.15) is 0 Å². The molecule has 1 unspecified atom stereocenters. The van der Waals surface area contributed by atoms with E-state index in [0.29, 0.717) is 13.0 Å². The van der Waals surface area contributed by atoms with Crippen LogP contribution in [0.5, 0.6) is 0 Å². The number of rotatable bonds is 5. The van der Waals surface area contributed by atoms with Crippen LogP contribution in [0, 0.1) is 0 Å². The van der Waals surface area contributed by atoms with Crippen molar-refractivity contribution < 1.29 is 9.53 Å². The highest BCUT2D eigenvalue weighted by Gasteiger charge is 2.24. The van der Waals surface area contributed by atoms with Crippen molar-refractivity contribution in [3.05, 3.63) is 22.4 Å². The summed E-state index contributed by atoms with van der Waals surface area (Å²) < 4.78 is 5.13. The normalized spacial score (nSPS) is 18.8. The summed E-state index contributed by atoms with van der Waals surface area (Å²) in [7, 11) is 0. The van der Waals surface area contributed by atoms with Crippen molar-refractivity contribution in [1.29, 1.82) is 0 Å². The minimum atomic E-state index is -0.0806. The Hall–Kier alpha value is -0.870. The third-order valence-electron chi connectivity index (χ3n) is 3.67. The number of esters is 1. The minimum Gasteiger partial charge on any atom is -0.466 e. The predicted octanol–water partition coefficient (Wildman–Crippen LogP) is 3.62. The van der Waals surface area contributed by atoms with Crippen molar-refractivity contribution in [3.63, 3.8) is 0 Å². The fraction of sp³-hybridized carbons (Fsp3) is 0.667. The van der Waals surface area contributed by atoms with Gasteiger partial charge in [0.05, 0.1) is 13.0 Å². The van der Waals surface area contributed by atoms with E-state index in [1.54, 1.807) is 11.3 Å². The lowest BCUT2D eigenvalue weighted by molar-refractivity contribution is -0.144. The molecule has 0 radical (unpaired) electrons. The molecule has 2 rings (SSSR count). The highest BCUT2D eigenvalue weighted by atomic mass is 32.1. The molecule has 0 saturated carbocycles. The van der Waals surface area contributed by atoms with Gasteiger partial charge in [0, 0.05) is 6.04 Å². The van der Waals surface area contributed by atoms with Gasteiger partial charge in [-0.3, -0.25) is 9.69 Å². The van der Waals surface area contributed by atoms with Gasteiger partial charge in [0.2, 0.25) is 0 Å². The van der Waals surface area contributed by atoms with Crippen molar-refractivity contribution in [2.24, 2.45) is 0 Å². The minimum absolute atomic E-state index is 0.0806. The molecule has 0 bridgehead atoms. The number of hydrogen-bond donors (Lipinski definition) is 0. The van der Waals surface area contributed by atoms with Crippen LogP contribution in [0.2, 0.25) is 0 Å². The number of carbonyl (C=O) groups excluding carboxylic acids is 1. The Bertz CT molecular complexity index is 370. The number of hydrogen-bond acceptors (Lipinski definition) is 4. The van der Waals surface area contributed by atoms with Crippen molar-refractivity contribution in [3.8, 4) is 0 Å². The number of carbonyl (C=O) groups is 1. The van der Waals surface area contributed by atoms with Crippen LogP contribution in [0.3, 0.4) is 0 Å². The molecule has 0 aromatic carbocycles. The molecular formula is C15H23NO2S. The number of likely N-dealkylation sites (tertiary alicyclic amines) is 1. The lowest BCUT2D eigenvalue weighted by Gasteiger charge is -2.29. The zero-order valence-electron chi connectivity index (χ0n) is 11.6. The quantitative estimate of drug-likeness (QED) is 0.772. The monoisotopic (exact) mass is 281 g/mol. The van der Waals surface area contributed by atoms with Gasteiger partial charge >= 0.3 is 5.97 Å². The Balaban J connectivity index is 2.06. The van der Waals surface area contributed by atoms with Gasteiger partial charge in [-0.2, -0.15) is 11.3 Å². The van der Waals surface area contributed by atoms with E-state index in [4.69, 9.17) is 4.74 Å². The standard InChI is InChI=1S/C15H23NO2S/c1-2-18-15(17)11-14(13-7-10-19-12-13)16-8-5-3-4-6-9-16/h7,10,12,14H,2-6,8-9,11H2,1H3. The Morgan fingerprint density at radius 2 is 2.11 bits per heavy atom. The average molecular weight is 281 g/mol. The number of ether oxygens (including phenoxy) is 1. The third-order valence-corrected chi connectivity index (χ3v) is 4.38. The van der Waals surface area contributed by atoms with Crippen molar-refractivity contribution in [2.45, 2.75) is 45.1 Å². The van der Waals surface area contributed by atoms with E-state index in [0.717, 1.165) is 13.1 Å². The first-order chi connectivity index (χ1) is 9.31. The molecule has 0 aliphatic carbocycles. The van der Waals surface area contributed by atoms with Crippen LogP contribution in [0.25, 0.3) is 0 Å². The first-order valence-corrected chi connectivity index (χ1v) is 8.17. The van der Waals surface area contributed by atoms with E-state index in [1.807, 2.05) is 6.92 Å². The van der Waals surface area contributed by atoms with Gasteiger partial charge < -0.3 is 4.74 Å². The molecule has 4 heteroatoms. The highest BCUT2D eigenvalue weighted by molar-refractivity contribution is 7.07. The van der Waals surface area contributed by atoms with Crippen LogP contribution in [-0.4, -0.2) is 30.6 Å². The molecule has 1 aromatic rings. The lowest BCUT2D eigenvalue weighted by Crippen LogP contribution is -2.31. The molecule has 3 nitrogen and oxygen atoms in total. The second kappa shape index (κ2) is 7.65. The molecule has 0 spiro atoms. The summed E-state index contributed by atoms with van der Waals surface area (Å²) in [6.45, 7) is 4.53. The van der Waals surface area contributed by atoms with Crippen LogP contribution >= 0.6 is 11.3 Å². The van der Waals surface area contributed by atoms with Crippen LogP contribution in [0.4, 0.5) is 0 Å². The molecule has 19 heavy (non-hydrogen) atoms. The maximum atomic E-state index is 11.8. The highest BCUT2D eigenvalue weighted by Crippen LogP contribution is 2.29. The summed E-state index contributed by atoms with van der Waals surface area (Å²) in [5.74, 6) is -0.0806. The van der Waals surface area contributed by atoms with E-state index in [9.17, 15) is 4.79 Å². The van der Waals surface area contributed by atoms with Gasteiger partial charge in [-0.05, 0) is 55.2 Å². The van der Waals surface area contributed by atoms with Gasteiger partial charge in [-0.15, -0.1) is 0 Å². The Morgan fingerprint density at radius 1 is 1.37 bits per heavy atom. The molecular weight excluding hydrogens is 258 g/mol. The fourth-order valence-electron chi connectivity index (χ4n) is 2.71. The molecule has 2 heterocycles. The largest absolute Gasteiger partial charge is 0.466 e. The average Bonchev–Trinajstić information content (AvgIpc) is 2.79. The lowest BCUT2D eigenvalue weighted by atomic mass is 10.1. The summed E-state index contributed by atoms with van der Waals surface area (Å²) in [6, 6.07) is 2.34. The summed E-state index contributed by atoms with van der Waals surface area (Å²) in [4.78, 5) is 14.3. The van der Waals surface area contributed by atoms with Crippen LogP contribution < -0.4 is 0 Å². The van der Waals surface area contributed by atoms with Crippen LogP contribution in [0.1, 0.15) is 50.6 Å². The van der Waals surface area contributed by atoms with Crippen molar-refractivity contribution in [1.82, 2.24) is 4.90 Å². The maximum absolute atomic E-state index is 11.8. The SMILES string of the molecule is CCOC(=O)CC(c1ccsc1)N1CCCCCC1. The first kappa shape index (κ1) is 14.5. The van der Waals surface area contributed by atoms with Crippen LogP contribution in [-0.2, 0) is 9.53 Å². The Morgan fingerprint density at radius 3 is 2.68 bits per heavy atom. The number of nitrogens with zero attached hydrogens (tertiary/aromatic N) is 1. The van der Waals surface area contributed by atoms with E-state index in [-0.39, 0.29) is 12.0 Å². The summed E-state index contributed by atoms with van der Waals surface area (Å²) in [6.07, 6.45) is 5.58. The summed E-state index contributed by atoms with van der Waals surface area (Å²) in [5.41, 5.74) is 1.26. The molecule has 1 fully saturated rings. The summed E-state index contributed by atoms with van der Waals surface area (Å²) >= 11 is 1.70. The predicted molar refractivity (Wildman–Crippen MR) is 78.4 cm³/mol. The van der Waals surface area contributed by atoms with Gasteiger partial charge in [0.25, 0.3) is 0 Å². The fourth-order valence-corrected chi connectivity index (χ4v) is 3.41. The second-order valence-electron chi connectivity index (χ2n) is 5.03. The van der Waals surface area contributed by atoms with E-state index >= 15 is 0 Å². The Labute approximate surface area is 119 Å². The zero-order chi connectivity index (χ0) is 13.5. The first-order valence-electron chi connectivity index (χ1n) is 7.23. The van der Waals surface area contributed by atoms with Crippen LogP contribution in [0.15, 0.2) is 16.8 Å². The number of thiophene rings is 1. The molecule has 1 saturated heterocycles. The van der Waals surface area contributed by atoms with Crippen molar-refractivity contribution >= 4 is 17.3 Å². The second-order valence-corrected chi connectivity index (χ2v) is 5.81. The smallest absolute Gasteiger partial charge is 0.307 e. The van der Waals surface area contributed by atoms with E-state index < -0.39 is 0 Å². The Kier molecular flexibility index (Phi) is 5.86. The van der Waals surface area contributed by atoms with E-state index in [1.165, 1.54) is 31.2 Å². The van der Waals surface area contributed by atoms with Crippen molar-refractivity contribution in [2.75, 3.05) is 19.7 Å². The van der Waals surface area contributed by atoms with Gasteiger partial charge in [-0.1, -0.05) is 12.8 Å². The molecule has 0 amide bonds. The van der Waals surface area contributed by atoms with Gasteiger partial charge in [0.15, 0.2) is 0 Å². The maximum Gasteiger partial charge on any atom is 0.307 e. The molecule has 106 valence electrons. The molecule has 1 aliphatic rings. The molecule has 1 aromatic heterocycles. The van der Waals surface area contributed by atoms with E-state index in [2.05, 4.69) is 21.7 Å². The topological polar surface area (TPSA) is 29.5 Å². The third kappa shape index (κ3) is 4.32.